The number of hydrogen-bond donors (Lipinski definition) is 0. The van der Waals surface area contributed by atoms with Gasteiger partial charge in [-0.3, -0.25) is 0 Å². The minimum absolute atomic E-state index is 1.16. The molecule has 27 aromatic rings. The maximum Gasteiger partial charge on any atom is 0.0547 e. The van der Waals surface area contributed by atoms with Crippen LogP contribution in [0.5, 0.6) is 0 Å². The zero-order valence-electron chi connectivity index (χ0n) is 74.9. The first-order valence-corrected chi connectivity index (χ1v) is 46.6. The van der Waals surface area contributed by atoms with E-state index < -0.39 is 0 Å². The maximum atomic E-state index is 2.46. The van der Waals surface area contributed by atoms with Gasteiger partial charge in [-0.2, -0.15) is 0 Å². The first-order valence-electron chi connectivity index (χ1n) is 46.6. The number of fused-ring (bicyclic) bond motifs is 18. The molecular weight excluding hydrogens is 1630 g/mol. The number of benzene rings is 21. The largest absolute Gasteiger partial charge is 0.309 e. The quantitative estimate of drug-likeness (QED) is 0.117. The van der Waals surface area contributed by atoms with Crippen molar-refractivity contribution in [2.45, 2.75) is 20.8 Å². The third kappa shape index (κ3) is 13.8. The fraction of sp³-hybridized carbons (Fsp3) is 0.0233. The molecule has 0 unspecified atom stereocenters. The van der Waals surface area contributed by atoms with Crippen LogP contribution in [0, 0.1) is 20.8 Å². The molecule has 0 aliphatic carbocycles. The second-order valence-corrected chi connectivity index (χ2v) is 35.7. The average molecular weight is 1720 g/mol. The monoisotopic (exact) mass is 1720 g/mol. The first kappa shape index (κ1) is 79.6. The predicted molar refractivity (Wildman–Crippen MR) is 572 cm³/mol. The summed E-state index contributed by atoms with van der Waals surface area (Å²) in [6, 6.07) is 178. The summed E-state index contributed by atoms with van der Waals surface area (Å²) in [4.78, 5) is 0. The van der Waals surface area contributed by atoms with E-state index in [9.17, 15) is 0 Å². The van der Waals surface area contributed by atoms with Gasteiger partial charge in [0.15, 0.2) is 0 Å². The molecule has 135 heavy (non-hydrogen) atoms. The molecule has 6 heteroatoms. The normalized spacial score (nSPS) is 11.7. The summed E-state index contributed by atoms with van der Waals surface area (Å²) in [6.07, 6.45) is 0. The molecule has 6 heterocycles. The van der Waals surface area contributed by atoms with Crippen LogP contribution in [0.15, 0.2) is 491 Å². The van der Waals surface area contributed by atoms with Gasteiger partial charge >= 0.3 is 0 Å². The summed E-state index contributed by atoms with van der Waals surface area (Å²) in [6.45, 7) is 6.64. The summed E-state index contributed by atoms with van der Waals surface area (Å²) < 4.78 is 14.4. The van der Waals surface area contributed by atoms with Crippen molar-refractivity contribution in [3.05, 3.63) is 508 Å². The molecular formula is C129H90N6. The minimum Gasteiger partial charge on any atom is -0.309 e. The van der Waals surface area contributed by atoms with Crippen molar-refractivity contribution in [2.24, 2.45) is 0 Å². The van der Waals surface area contributed by atoms with E-state index in [4.69, 9.17) is 0 Å². The molecule has 0 saturated heterocycles. The summed E-state index contributed by atoms with van der Waals surface area (Å²) in [5.41, 5.74) is 40.3. The zero-order chi connectivity index (χ0) is 89.7. The van der Waals surface area contributed by atoms with Gasteiger partial charge in [0, 0.05) is 93.1 Å². The lowest BCUT2D eigenvalue weighted by Gasteiger charge is -2.15. The molecule has 636 valence electrons. The summed E-state index contributed by atoms with van der Waals surface area (Å²) in [5.74, 6) is 0. The van der Waals surface area contributed by atoms with E-state index in [0.29, 0.717) is 0 Å². The van der Waals surface area contributed by atoms with Gasteiger partial charge in [-0.25, -0.2) is 0 Å². The molecule has 0 bridgehead atoms. The molecule has 0 saturated carbocycles. The molecule has 0 N–H and O–H groups in total. The van der Waals surface area contributed by atoms with E-state index in [1.54, 1.807) is 0 Å². The van der Waals surface area contributed by atoms with Crippen molar-refractivity contribution in [3.63, 3.8) is 0 Å². The number of aromatic nitrogens is 6. The van der Waals surface area contributed by atoms with Crippen LogP contribution < -0.4 is 0 Å². The fourth-order valence-electron chi connectivity index (χ4n) is 21.6. The van der Waals surface area contributed by atoms with Crippen molar-refractivity contribution in [1.82, 2.24) is 27.4 Å². The van der Waals surface area contributed by atoms with E-state index in [1.807, 2.05) is 0 Å². The number of hydrogen-bond acceptors (Lipinski definition) is 0. The van der Waals surface area contributed by atoms with Crippen LogP contribution in [0.1, 0.15) is 16.7 Å². The van der Waals surface area contributed by atoms with Crippen LogP contribution in [-0.2, 0) is 0 Å². The Morgan fingerprint density at radius 2 is 0.319 bits per heavy atom. The Hall–Kier alpha value is -17.6. The van der Waals surface area contributed by atoms with Crippen molar-refractivity contribution in [2.75, 3.05) is 0 Å². The third-order valence-electron chi connectivity index (χ3n) is 27.6. The highest BCUT2D eigenvalue weighted by atomic mass is 15.0. The topological polar surface area (TPSA) is 29.6 Å². The Kier molecular flexibility index (Phi) is 19.5. The third-order valence-corrected chi connectivity index (χ3v) is 27.6. The van der Waals surface area contributed by atoms with Crippen molar-refractivity contribution in [1.29, 1.82) is 0 Å². The van der Waals surface area contributed by atoms with Crippen LogP contribution in [0.3, 0.4) is 0 Å². The van der Waals surface area contributed by atoms with Gasteiger partial charge in [-0.1, -0.05) is 333 Å². The smallest absolute Gasteiger partial charge is 0.0547 e. The highest BCUT2D eigenvalue weighted by Gasteiger charge is 2.24. The summed E-state index contributed by atoms with van der Waals surface area (Å²) in [7, 11) is 0. The lowest BCUT2D eigenvalue weighted by atomic mass is 10.0. The summed E-state index contributed by atoms with van der Waals surface area (Å²) in [5, 5.41) is 15.2. The van der Waals surface area contributed by atoms with Crippen LogP contribution in [0.4, 0.5) is 0 Å². The van der Waals surface area contributed by atoms with Crippen molar-refractivity contribution < 1.29 is 0 Å². The van der Waals surface area contributed by atoms with Gasteiger partial charge in [0.25, 0.3) is 0 Å². The van der Waals surface area contributed by atoms with Crippen molar-refractivity contribution >= 4 is 131 Å². The second-order valence-electron chi connectivity index (χ2n) is 35.7. The predicted octanol–water partition coefficient (Wildman–Crippen LogP) is 34.6. The highest BCUT2D eigenvalue weighted by molar-refractivity contribution is 6.17. The molecule has 0 fully saturated rings. The van der Waals surface area contributed by atoms with Gasteiger partial charge in [-0.15, -0.1) is 0 Å². The zero-order valence-corrected chi connectivity index (χ0v) is 74.9. The molecule has 27 rings (SSSR count). The number of aryl methyl sites for hydroxylation is 3. The first-order chi connectivity index (χ1) is 66.7. The van der Waals surface area contributed by atoms with Gasteiger partial charge in [0.05, 0.1) is 71.9 Å². The number of para-hydroxylation sites is 8. The Balaban J connectivity index is 0.000000109. The Bertz CT molecular complexity index is 9100. The van der Waals surface area contributed by atoms with Gasteiger partial charge in [-0.05, 0) is 262 Å². The molecule has 0 spiro atoms. The molecule has 0 radical (unpaired) electrons. The van der Waals surface area contributed by atoms with E-state index in [1.165, 1.54) is 237 Å². The van der Waals surface area contributed by atoms with Crippen molar-refractivity contribution in [3.8, 4) is 101 Å². The molecule has 6 aromatic heterocycles. The molecule has 0 aliphatic rings. The molecule has 0 atom stereocenters. The Morgan fingerprint density at radius 1 is 0.119 bits per heavy atom. The molecule has 0 aliphatic heterocycles. The number of nitrogens with zero attached hydrogens (tertiary/aromatic N) is 6. The summed E-state index contributed by atoms with van der Waals surface area (Å²) >= 11 is 0. The Labute approximate surface area is 782 Å². The van der Waals surface area contributed by atoms with Gasteiger partial charge in [0.2, 0.25) is 0 Å². The minimum atomic E-state index is 1.16. The maximum absolute atomic E-state index is 2.46. The SMILES string of the molecule is Cc1cc(C)c(-n2c3ccccc3c3cc(-c4ccc5c(c4)c4ccccc4n5-c4cccc(-c5ccccc5)c4)ccc32)c(C)c1.c1ccc(-c2cccc(-n3c4ccccc4c4cc(-c5ccc6c(c5)c5ccccc5n6-c5cccc(-c6ccccc6)c5)ccc43)c2)cc1.c1ccc(-n2c3ccccc3c3cc(-c4ccc5c6ccccc6n(-c6ccccc6)c5c4)ccc32)cc1. The fourth-order valence-corrected chi connectivity index (χ4v) is 21.6. The van der Waals surface area contributed by atoms with Crippen LogP contribution >= 0.6 is 0 Å². The van der Waals surface area contributed by atoms with E-state index >= 15 is 0 Å². The molecule has 0 amide bonds. The molecule has 6 nitrogen and oxygen atoms in total. The average Bonchev–Trinajstić information content (AvgIpc) is 1.59. The lowest BCUT2D eigenvalue weighted by molar-refractivity contribution is 1.11. The van der Waals surface area contributed by atoms with Crippen LogP contribution in [-0.4, -0.2) is 27.4 Å². The molecule has 21 aromatic carbocycles. The second kappa shape index (κ2) is 33.1. The standard InChI is InChI=1S/C48H32N2.C45H34N2.C36H24N2/c1-3-13-33(14-4-1)35-17-11-19-39(29-35)49-45-23-9-7-21-41(45)43-31-37(25-27-47(43)49)38-26-28-48-44(32-38)42-22-8-10-24-46(42)50(48)40-20-12-18-36(30-40)34-15-5-2-6-16-34;1-29-24-30(2)45(31(3)25-29)47-42-19-10-8-17-38(42)40-28-35(21-23-44(40)47)34-20-22-43-39(27-34)37-16-7-9-18-41(37)46(43)36-15-11-14-33(26-36)32-12-5-4-6-13-32;1-3-11-27(12-4-1)37-34-18-10-8-16-30(34)32-23-25(20-22-35(32)37)26-19-21-31-29-15-7-9-17-33(29)38(36(31)24-26)28-13-5-2-6-14-28/h1-32H;4-28H,1-3H3;1-24H. The highest BCUT2D eigenvalue weighted by Crippen LogP contribution is 2.46. The Morgan fingerprint density at radius 3 is 0.630 bits per heavy atom. The van der Waals surface area contributed by atoms with E-state index in [0.717, 1.165) is 11.4 Å². The van der Waals surface area contributed by atoms with Gasteiger partial charge < -0.3 is 27.4 Å². The van der Waals surface area contributed by atoms with Crippen LogP contribution in [0.2, 0.25) is 0 Å². The number of rotatable bonds is 12. The van der Waals surface area contributed by atoms with Crippen LogP contribution in [0.25, 0.3) is 232 Å². The van der Waals surface area contributed by atoms with E-state index in [-0.39, 0.29) is 0 Å². The lowest BCUT2D eigenvalue weighted by Crippen LogP contribution is -2.00. The van der Waals surface area contributed by atoms with Gasteiger partial charge in [0.1, 0.15) is 0 Å². The van der Waals surface area contributed by atoms with E-state index in [2.05, 4.69) is 540 Å².